The normalized spacial score (nSPS) is 11.5. The second kappa shape index (κ2) is 8.86. The number of ether oxygens (including phenoxy) is 2. The highest BCUT2D eigenvalue weighted by Crippen LogP contribution is 2.28. The van der Waals surface area contributed by atoms with Gasteiger partial charge in [0.2, 0.25) is 0 Å². The van der Waals surface area contributed by atoms with E-state index in [2.05, 4.69) is 11.2 Å². The number of fused-ring (bicyclic) bond motifs is 2. The van der Waals surface area contributed by atoms with E-state index in [1.54, 1.807) is 26.5 Å². The maximum absolute atomic E-state index is 13.4. The van der Waals surface area contributed by atoms with Crippen molar-refractivity contribution in [3.05, 3.63) is 100 Å². The van der Waals surface area contributed by atoms with Gasteiger partial charge in [0.05, 0.1) is 31.3 Å². The van der Waals surface area contributed by atoms with Gasteiger partial charge in [-0.25, -0.2) is 4.98 Å². The standard InChI is InChI=1S/C27H24N4O3/c1-30-17-19(20-8-5-7-11-23(20)30)16-28-31-26(29-22-10-6-4-9-21(22)27(31)32)15-18-12-13-24(33-2)25(14-18)34-3/h4-14,16-17H,15H2,1-3H3/b28-16-. The first-order valence-corrected chi connectivity index (χ1v) is 10.9. The Kier molecular flexibility index (Phi) is 5.59. The molecule has 0 atom stereocenters. The quantitative estimate of drug-likeness (QED) is 0.359. The van der Waals surface area contributed by atoms with Gasteiger partial charge in [-0.05, 0) is 35.9 Å². The van der Waals surface area contributed by atoms with Crippen molar-refractivity contribution in [3.63, 3.8) is 0 Å². The van der Waals surface area contributed by atoms with Gasteiger partial charge in [0.1, 0.15) is 5.82 Å². The summed E-state index contributed by atoms with van der Waals surface area (Å²) in [6.07, 6.45) is 4.12. The Labute approximate surface area is 196 Å². The lowest BCUT2D eigenvalue weighted by atomic mass is 10.1. The van der Waals surface area contributed by atoms with Gasteiger partial charge in [-0.15, -0.1) is 0 Å². The van der Waals surface area contributed by atoms with Crippen LogP contribution >= 0.6 is 0 Å². The molecule has 0 aliphatic carbocycles. The van der Waals surface area contributed by atoms with Gasteiger partial charge in [0, 0.05) is 36.1 Å². The van der Waals surface area contributed by atoms with E-state index in [4.69, 9.17) is 14.5 Å². The number of hydrogen-bond donors (Lipinski definition) is 0. The smallest absolute Gasteiger partial charge is 0.282 e. The van der Waals surface area contributed by atoms with E-state index in [0.29, 0.717) is 34.6 Å². The van der Waals surface area contributed by atoms with Gasteiger partial charge in [-0.3, -0.25) is 4.79 Å². The van der Waals surface area contributed by atoms with Crippen molar-refractivity contribution >= 4 is 28.0 Å². The Morgan fingerprint density at radius 2 is 1.68 bits per heavy atom. The van der Waals surface area contributed by atoms with Crippen LogP contribution in [0.15, 0.2) is 82.8 Å². The minimum Gasteiger partial charge on any atom is -0.493 e. The van der Waals surface area contributed by atoms with Crippen LogP contribution < -0.4 is 15.0 Å². The molecule has 34 heavy (non-hydrogen) atoms. The molecule has 0 unspecified atom stereocenters. The van der Waals surface area contributed by atoms with E-state index >= 15 is 0 Å². The van der Waals surface area contributed by atoms with E-state index in [1.165, 1.54) is 4.68 Å². The third-order valence-corrected chi connectivity index (χ3v) is 5.87. The van der Waals surface area contributed by atoms with Gasteiger partial charge in [0.25, 0.3) is 5.56 Å². The van der Waals surface area contributed by atoms with Crippen LogP contribution in [-0.4, -0.2) is 34.7 Å². The van der Waals surface area contributed by atoms with Crippen LogP contribution in [0.3, 0.4) is 0 Å². The first kappa shape index (κ1) is 21.5. The number of methoxy groups -OCH3 is 2. The highest BCUT2D eigenvalue weighted by Gasteiger charge is 2.13. The molecule has 0 spiro atoms. The highest BCUT2D eigenvalue weighted by molar-refractivity contribution is 5.99. The Hall–Kier alpha value is -4.39. The van der Waals surface area contributed by atoms with Crippen LogP contribution in [0.25, 0.3) is 21.8 Å². The minimum absolute atomic E-state index is 0.211. The number of rotatable bonds is 6. The fourth-order valence-corrected chi connectivity index (χ4v) is 4.17. The SMILES string of the molecule is COc1ccc(Cc2nc3ccccc3c(=O)n2/N=C\c2cn(C)c3ccccc23)cc1OC. The third-order valence-electron chi connectivity index (χ3n) is 5.87. The summed E-state index contributed by atoms with van der Waals surface area (Å²) >= 11 is 0. The fraction of sp³-hybridized carbons (Fsp3) is 0.148. The average Bonchev–Trinajstić information content (AvgIpc) is 3.19. The summed E-state index contributed by atoms with van der Waals surface area (Å²) in [5, 5.41) is 6.20. The van der Waals surface area contributed by atoms with Crippen molar-refractivity contribution in [3.8, 4) is 11.5 Å². The van der Waals surface area contributed by atoms with Crippen molar-refractivity contribution in [1.29, 1.82) is 0 Å². The van der Waals surface area contributed by atoms with Gasteiger partial charge < -0.3 is 14.0 Å². The average molecular weight is 453 g/mol. The molecule has 2 heterocycles. The van der Waals surface area contributed by atoms with Crippen molar-refractivity contribution in [1.82, 2.24) is 14.2 Å². The van der Waals surface area contributed by atoms with Gasteiger partial charge in [-0.1, -0.05) is 36.4 Å². The molecule has 0 bridgehead atoms. The van der Waals surface area contributed by atoms with E-state index in [1.807, 2.05) is 72.4 Å². The molecule has 0 N–H and O–H groups in total. The molecule has 7 nitrogen and oxygen atoms in total. The Morgan fingerprint density at radius 1 is 0.941 bits per heavy atom. The summed E-state index contributed by atoms with van der Waals surface area (Å²) in [6.45, 7) is 0. The molecule has 0 aliphatic rings. The Bertz CT molecular complexity index is 1600. The summed E-state index contributed by atoms with van der Waals surface area (Å²) in [5.74, 6) is 1.80. The Balaban J connectivity index is 1.63. The van der Waals surface area contributed by atoms with Crippen LogP contribution in [0.2, 0.25) is 0 Å². The molecule has 0 saturated heterocycles. The topological polar surface area (TPSA) is 70.6 Å². The van der Waals surface area contributed by atoms with Crippen LogP contribution in [0, 0.1) is 0 Å². The molecule has 0 fully saturated rings. The molecule has 5 aromatic rings. The Morgan fingerprint density at radius 3 is 2.47 bits per heavy atom. The lowest BCUT2D eigenvalue weighted by Gasteiger charge is -2.12. The van der Waals surface area contributed by atoms with Crippen molar-refractivity contribution in [2.24, 2.45) is 12.1 Å². The molecule has 3 aromatic carbocycles. The van der Waals surface area contributed by atoms with E-state index in [-0.39, 0.29) is 5.56 Å². The number of hydrogen-bond acceptors (Lipinski definition) is 5. The van der Waals surface area contributed by atoms with Gasteiger partial charge in [0.15, 0.2) is 11.5 Å². The van der Waals surface area contributed by atoms with Crippen molar-refractivity contribution in [2.75, 3.05) is 14.2 Å². The third kappa shape index (κ3) is 3.81. The van der Waals surface area contributed by atoms with Gasteiger partial charge in [-0.2, -0.15) is 9.78 Å². The minimum atomic E-state index is -0.211. The zero-order valence-electron chi connectivity index (χ0n) is 19.2. The summed E-state index contributed by atoms with van der Waals surface area (Å²) in [4.78, 5) is 18.2. The van der Waals surface area contributed by atoms with E-state index < -0.39 is 0 Å². The number of benzene rings is 3. The fourth-order valence-electron chi connectivity index (χ4n) is 4.17. The second-order valence-electron chi connectivity index (χ2n) is 7.99. The van der Waals surface area contributed by atoms with Crippen LogP contribution in [0.1, 0.15) is 17.0 Å². The number of aryl methyl sites for hydroxylation is 1. The zero-order chi connectivity index (χ0) is 23.7. The molecule has 0 saturated carbocycles. The maximum atomic E-state index is 13.4. The lowest BCUT2D eigenvalue weighted by Crippen LogP contribution is -2.22. The highest BCUT2D eigenvalue weighted by atomic mass is 16.5. The van der Waals surface area contributed by atoms with Crippen LogP contribution in [-0.2, 0) is 13.5 Å². The zero-order valence-corrected chi connectivity index (χ0v) is 19.2. The molecule has 170 valence electrons. The molecular formula is C27H24N4O3. The molecule has 0 radical (unpaired) electrons. The molecule has 7 heteroatoms. The van der Waals surface area contributed by atoms with E-state index in [0.717, 1.165) is 22.0 Å². The van der Waals surface area contributed by atoms with Crippen LogP contribution in [0.4, 0.5) is 0 Å². The number of para-hydroxylation sites is 2. The molecular weight excluding hydrogens is 428 g/mol. The predicted molar refractivity (Wildman–Crippen MR) is 134 cm³/mol. The lowest BCUT2D eigenvalue weighted by molar-refractivity contribution is 0.354. The summed E-state index contributed by atoms with van der Waals surface area (Å²) in [5.41, 5.74) is 3.37. The number of nitrogens with zero attached hydrogens (tertiary/aromatic N) is 4. The van der Waals surface area contributed by atoms with Gasteiger partial charge >= 0.3 is 0 Å². The number of aromatic nitrogens is 3. The molecule has 5 rings (SSSR count). The largest absolute Gasteiger partial charge is 0.493 e. The monoisotopic (exact) mass is 452 g/mol. The molecule has 0 aliphatic heterocycles. The first-order chi connectivity index (χ1) is 16.6. The molecule has 0 amide bonds. The predicted octanol–water partition coefficient (Wildman–Crippen LogP) is 4.38. The first-order valence-electron chi connectivity index (χ1n) is 10.9. The second-order valence-corrected chi connectivity index (χ2v) is 7.99. The summed E-state index contributed by atoms with van der Waals surface area (Å²) in [6, 6.07) is 21.1. The summed E-state index contributed by atoms with van der Waals surface area (Å²) in [7, 11) is 5.19. The molecule has 2 aromatic heterocycles. The van der Waals surface area contributed by atoms with Crippen molar-refractivity contribution in [2.45, 2.75) is 6.42 Å². The summed E-state index contributed by atoms with van der Waals surface area (Å²) < 4.78 is 14.2. The van der Waals surface area contributed by atoms with E-state index in [9.17, 15) is 4.79 Å². The van der Waals surface area contributed by atoms with Crippen LogP contribution in [0.5, 0.6) is 11.5 Å². The maximum Gasteiger partial charge on any atom is 0.282 e. The van der Waals surface area contributed by atoms with Crippen molar-refractivity contribution < 1.29 is 9.47 Å².